The highest BCUT2D eigenvalue weighted by Gasteiger charge is 1.98. The SMILES string of the molecule is NCc1cn(Cc2cccc(O)c2)cn1. The second-order valence-electron chi connectivity index (χ2n) is 3.41. The fourth-order valence-electron chi connectivity index (χ4n) is 1.46. The number of aromatic nitrogens is 2. The summed E-state index contributed by atoms with van der Waals surface area (Å²) in [5, 5.41) is 9.30. The van der Waals surface area contributed by atoms with Crippen molar-refractivity contribution in [2.45, 2.75) is 13.1 Å². The molecule has 0 atom stereocenters. The van der Waals surface area contributed by atoms with Crippen molar-refractivity contribution in [1.29, 1.82) is 0 Å². The summed E-state index contributed by atoms with van der Waals surface area (Å²) >= 11 is 0. The number of nitrogens with two attached hydrogens (primary N) is 1. The van der Waals surface area contributed by atoms with E-state index in [1.54, 1.807) is 18.5 Å². The van der Waals surface area contributed by atoms with Crippen LogP contribution in [0.1, 0.15) is 11.3 Å². The van der Waals surface area contributed by atoms with Crippen LogP contribution in [-0.4, -0.2) is 14.7 Å². The summed E-state index contributed by atoms with van der Waals surface area (Å²) in [7, 11) is 0. The molecule has 0 saturated heterocycles. The van der Waals surface area contributed by atoms with Gasteiger partial charge in [0, 0.05) is 19.3 Å². The largest absolute Gasteiger partial charge is 0.508 e. The summed E-state index contributed by atoms with van der Waals surface area (Å²) in [6.45, 7) is 1.15. The third kappa shape index (κ3) is 2.35. The van der Waals surface area contributed by atoms with Crippen LogP contribution in [0.25, 0.3) is 0 Å². The molecular formula is C11H13N3O. The third-order valence-electron chi connectivity index (χ3n) is 2.17. The van der Waals surface area contributed by atoms with Gasteiger partial charge in [-0.05, 0) is 17.7 Å². The average Bonchev–Trinajstić information content (AvgIpc) is 2.65. The van der Waals surface area contributed by atoms with Crippen LogP contribution >= 0.6 is 0 Å². The van der Waals surface area contributed by atoms with Gasteiger partial charge in [-0.2, -0.15) is 0 Å². The van der Waals surface area contributed by atoms with Crippen molar-refractivity contribution in [3.8, 4) is 5.75 Å². The van der Waals surface area contributed by atoms with E-state index in [0.717, 1.165) is 11.3 Å². The van der Waals surface area contributed by atoms with Gasteiger partial charge >= 0.3 is 0 Å². The molecule has 15 heavy (non-hydrogen) atoms. The fourth-order valence-corrected chi connectivity index (χ4v) is 1.46. The lowest BCUT2D eigenvalue weighted by atomic mass is 10.2. The quantitative estimate of drug-likeness (QED) is 0.785. The molecule has 0 fully saturated rings. The van der Waals surface area contributed by atoms with Gasteiger partial charge in [-0.25, -0.2) is 4.98 Å². The first-order valence-corrected chi connectivity index (χ1v) is 4.76. The monoisotopic (exact) mass is 203 g/mol. The second-order valence-corrected chi connectivity index (χ2v) is 3.41. The normalized spacial score (nSPS) is 10.5. The number of rotatable bonds is 3. The first kappa shape index (κ1) is 9.73. The maximum Gasteiger partial charge on any atom is 0.115 e. The van der Waals surface area contributed by atoms with Crippen molar-refractivity contribution in [2.75, 3.05) is 0 Å². The summed E-state index contributed by atoms with van der Waals surface area (Å²) < 4.78 is 1.94. The first-order valence-electron chi connectivity index (χ1n) is 4.76. The zero-order valence-corrected chi connectivity index (χ0v) is 8.30. The van der Waals surface area contributed by atoms with Gasteiger partial charge in [0.1, 0.15) is 5.75 Å². The maximum atomic E-state index is 9.30. The van der Waals surface area contributed by atoms with Crippen LogP contribution in [0.4, 0.5) is 0 Å². The predicted molar refractivity (Wildman–Crippen MR) is 57.3 cm³/mol. The Labute approximate surface area is 88.0 Å². The van der Waals surface area contributed by atoms with Gasteiger partial charge in [-0.3, -0.25) is 0 Å². The lowest BCUT2D eigenvalue weighted by molar-refractivity contribution is 0.474. The lowest BCUT2D eigenvalue weighted by Gasteiger charge is -2.02. The zero-order valence-electron chi connectivity index (χ0n) is 8.30. The number of hydrogen-bond acceptors (Lipinski definition) is 3. The van der Waals surface area contributed by atoms with Crippen LogP contribution in [0.15, 0.2) is 36.8 Å². The van der Waals surface area contributed by atoms with E-state index >= 15 is 0 Å². The van der Waals surface area contributed by atoms with Gasteiger partial charge < -0.3 is 15.4 Å². The summed E-state index contributed by atoms with van der Waals surface area (Å²) in [5.74, 6) is 0.284. The van der Waals surface area contributed by atoms with E-state index in [0.29, 0.717) is 13.1 Å². The van der Waals surface area contributed by atoms with Crippen LogP contribution in [0, 0.1) is 0 Å². The van der Waals surface area contributed by atoms with Gasteiger partial charge in [-0.1, -0.05) is 12.1 Å². The predicted octanol–water partition coefficient (Wildman–Crippen LogP) is 1.10. The number of phenolic OH excluding ortho intramolecular Hbond substituents is 1. The molecule has 4 heteroatoms. The Kier molecular flexibility index (Phi) is 2.69. The molecule has 0 aliphatic rings. The van der Waals surface area contributed by atoms with Crippen LogP contribution in [0.2, 0.25) is 0 Å². The Hall–Kier alpha value is -1.81. The number of phenols is 1. The highest BCUT2D eigenvalue weighted by molar-refractivity contribution is 5.27. The third-order valence-corrected chi connectivity index (χ3v) is 2.17. The topological polar surface area (TPSA) is 64.1 Å². The molecule has 0 saturated carbocycles. The summed E-state index contributed by atoms with van der Waals surface area (Å²) in [5.41, 5.74) is 7.37. The maximum absolute atomic E-state index is 9.30. The molecule has 0 unspecified atom stereocenters. The Bertz CT molecular complexity index is 451. The van der Waals surface area contributed by atoms with E-state index in [2.05, 4.69) is 4.98 Å². The zero-order chi connectivity index (χ0) is 10.7. The van der Waals surface area contributed by atoms with Gasteiger partial charge in [0.05, 0.1) is 12.0 Å². The van der Waals surface area contributed by atoms with Gasteiger partial charge in [0.15, 0.2) is 0 Å². The fraction of sp³-hybridized carbons (Fsp3) is 0.182. The molecular weight excluding hydrogens is 190 g/mol. The van der Waals surface area contributed by atoms with E-state index in [-0.39, 0.29) is 5.75 Å². The average molecular weight is 203 g/mol. The molecule has 0 amide bonds. The van der Waals surface area contributed by atoms with Crippen molar-refractivity contribution in [1.82, 2.24) is 9.55 Å². The van der Waals surface area contributed by atoms with Crippen molar-refractivity contribution in [2.24, 2.45) is 5.73 Å². The van der Waals surface area contributed by atoms with Crippen LogP contribution in [0.3, 0.4) is 0 Å². The van der Waals surface area contributed by atoms with E-state index in [4.69, 9.17) is 5.73 Å². The molecule has 3 N–H and O–H groups in total. The van der Waals surface area contributed by atoms with E-state index in [9.17, 15) is 5.11 Å². The second kappa shape index (κ2) is 4.14. The van der Waals surface area contributed by atoms with Gasteiger partial charge in [-0.15, -0.1) is 0 Å². The lowest BCUT2D eigenvalue weighted by Crippen LogP contribution is -1.97. The Morgan fingerprint density at radius 1 is 1.40 bits per heavy atom. The molecule has 0 spiro atoms. The first-order chi connectivity index (χ1) is 7.28. The summed E-state index contributed by atoms with van der Waals surface area (Å²) in [4.78, 5) is 4.13. The number of benzene rings is 1. The van der Waals surface area contributed by atoms with Crippen LogP contribution in [0.5, 0.6) is 5.75 Å². The minimum atomic E-state index is 0.284. The molecule has 0 aliphatic heterocycles. The molecule has 1 aromatic heterocycles. The van der Waals surface area contributed by atoms with Crippen molar-refractivity contribution in [3.05, 3.63) is 48.0 Å². The Morgan fingerprint density at radius 2 is 2.27 bits per heavy atom. The Balaban J connectivity index is 2.14. The molecule has 1 heterocycles. The molecule has 4 nitrogen and oxygen atoms in total. The van der Waals surface area contributed by atoms with Gasteiger partial charge in [0.25, 0.3) is 0 Å². The summed E-state index contributed by atoms with van der Waals surface area (Å²) in [6.07, 6.45) is 3.65. The van der Waals surface area contributed by atoms with E-state index in [1.165, 1.54) is 0 Å². The van der Waals surface area contributed by atoms with Gasteiger partial charge in [0.2, 0.25) is 0 Å². The molecule has 78 valence electrons. The molecule has 0 radical (unpaired) electrons. The van der Waals surface area contributed by atoms with Crippen LogP contribution in [-0.2, 0) is 13.1 Å². The Morgan fingerprint density at radius 3 is 2.93 bits per heavy atom. The molecule has 0 aliphatic carbocycles. The molecule has 0 bridgehead atoms. The summed E-state index contributed by atoms with van der Waals surface area (Å²) in [6, 6.07) is 7.18. The molecule has 1 aromatic carbocycles. The standard InChI is InChI=1S/C11H13N3O/c12-5-10-7-14(8-13-10)6-9-2-1-3-11(15)4-9/h1-4,7-8,15H,5-6,12H2. The van der Waals surface area contributed by atoms with Crippen molar-refractivity contribution in [3.63, 3.8) is 0 Å². The minimum absolute atomic E-state index is 0.284. The van der Waals surface area contributed by atoms with Crippen molar-refractivity contribution < 1.29 is 5.11 Å². The molecule has 2 rings (SSSR count). The minimum Gasteiger partial charge on any atom is -0.508 e. The molecule has 2 aromatic rings. The van der Waals surface area contributed by atoms with E-state index in [1.807, 2.05) is 22.9 Å². The van der Waals surface area contributed by atoms with Crippen LogP contribution < -0.4 is 5.73 Å². The van der Waals surface area contributed by atoms with Crippen molar-refractivity contribution >= 4 is 0 Å². The highest BCUT2D eigenvalue weighted by atomic mass is 16.3. The number of imidazole rings is 1. The smallest absolute Gasteiger partial charge is 0.115 e. The number of aromatic hydroxyl groups is 1. The number of hydrogen-bond donors (Lipinski definition) is 2. The van der Waals surface area contributed by atoms with E-state index < -0.39 is 0 Å². The number of nitrogens with zero attached hydrogens (tertiary/aromatic N) is 2. The highest BCUT2D eigenvalue weighted by Crippen LogP contribution is 2.12.